The van der Waals surface area contributed by atoms with Crippen molar-refractivity contribution >= 4 is 6.09 Å². The van der Waals surface area contributed by atoms with Gasteiger partial charge in [0, 0.05) is 45.8 Å². The molecule has 1 fully saturated rings. The number of piperazine rings is 1. The normalized spacial score (nSPS) is 20.1. The second kappa shape index (κ2) is 5.42. The number of hydrogen-bond acceptors (Lipinski definition) is 3. The molecule has 1 amide bonds. The van der Waals surface area contributed by atoms with Crippen LogP contribution in [0.15, 0.2) is 18.2 Å². The highest BCUT2D eigenvalue weighted by molar-refractivity contribution is 5.66. The van der Waals surface area contributed by atoms with Crippen molar-refractivity contribution in [1.82, 2.24) is 14.7 Å². The van der Waals surface area contributed by atoms with Gasteiger partial charge >= 0.3 is 6.09 Å². The lowest BCUT2D eigenvalue weighted by Crippen LogP contribution is -2.43. The predicted octanol–water partition coefficient (Wildman–Crippen LogP) is 1.43. The number of carbonyl (C=O) groups is 1. The third-order valence-corrected chi connectivity index (χ3v) is 4.27. The highest BCUT2D eigenvalue weighted by Gasteiger charge is 2.23. The van der Waals surface area contributed by atoms with E-state index in [1.807, 2.05) is 0 Å². The van der Waals surface area contributed by atoms with Gasteiger partial charge in [-0.25, -0.2) is 4.79 Å². The fourth-order valence-corrected chi connectivity index (χ4v) is 2.95. The Hall–Kier alpha value is -1.59. The lowest BCUT2D eigenvalue weighted by Gasteiger charge is -2.32. The Morgan fingerprint density at radius 3 is 2.55 bits per heavy atom. The van der Waals surface area contributed by atoms with Gasteiger partial charge in [0.1, 0.15) is 0 Å². The first-order chi connectivity index (χ1) is 9.61. The Kier molecular flexibility index (Phi) is 3.63. The molecule has 108 valence electrons. The summed E-state index contributed by atoms with van der Waals surface area (Å²) in [5, 5.41) is 9.05. The van der Waals surface area contributed by atoms with Gasteiger partial charge in [0.2, 0.25) is 0 Å². The molecule has 0 unspecified atom stereocenters. The minimum absolute atomic E-state index is 0.527. The van der Waals surface area contributed by atoms with E-state index in [2.05, 4.69) is 35.0 Å². The molecular formula is C15H21N3O2. The van der Waals surface area contributed by atoms with Crippen molar-refractivity contribution in [2.24, 2.45) is 0 Å². The molecule has 0 atom stereocenters. The summed E-state index contributed by atoms with van der Waals surface area (Å²) >= 11 is 0. The van der Waals surface area contributed by atoms with E-state index in [4.69, 9.17) is 5.11 Å². The number of benzene rings is 1. The Labute approximate surface area is 119 Å². The summed E-state index contributed by atoms with van der Waals surface area (Å²) in [5.41, 5.74) is 3.61. The first-order valence-corrected chi connectivity index (χ1v) is 7.11. The minimum Gasteiger partial charge on any atom is -0.465 e. The second-order valence-electron chi connectivity index (χ2n) is 5.82. The van der Waals surface area contributed by atoms with Gasteiger partial charge in [0.05, 0.1) is 0 Å². The van der Waals surface area contributed by atoms with Gasteiger partial charge in [0.25, 0.3) is 0 Å². The third-order valence-electron chi connectivity index (χ3n) is 4.27. The Bertz CT molecular complexity index is 510. The molecular weight excluding hydrogens is 254 g/mol. The molecule has 1 aromatic rings. The van der Waals surface area contributed by atoms with Crippen molar-refractivity contribution in [2.75, 3.05) is 33.2 Å². The van der Waals surface area contributed by atoms with E-state index in [-0.39, 0.29) is 0 Å². The number of hydrogen-bond donors (Lipinski definition) is 1. The van der Waals surface area contributed by atoms with Gasteiger partial charge in [-0.3, -0.25) is 9.80 Å². The number of nitrogens with zero attached hydrogens (tertiary/aromatic N) is 3. The van der Waals surface area contributed by atoms with E-state index in [0.29, 0.717) is 13.1 Å². The van der Waals surface area contributed by atoms with Crippen LogP contribution in [0.5, 0.6) is 0 Å². The molecule has 1 N–H and O–H groups in total. The molecule has 1 aromatic carbocycles. The molecule has 5 nitrogen and oxygen atoms in total. The van der Waals surface area contributed by atoms with Crippen LogP contribution in [0.2, 0.25) is 0 Å². The molecule has 0 aliphatic carbocycles. The summed E-state index contributed by atoms with van der Waals surface area (Å²) < 4.78 is 0. The van der Waals surface area contributed by atoms with E-state index >= 15 is 0 Å². The standard InChI is InChI=1S/C15H21N3O2/c1-16-4-6-17(7-5-16)9-12-2-3-13-10-18(15(19)20)11-14(13)8-12/h2-3,8H,4-7,9-11H2,1H3,(H,19,20). The zero-order valence-electron chi connectivity index (χ0n) is 11.9. The van der Waals surface area contributed by atoms with Gasteiger partial charge < -0.3 is 10.0 Å². The SMILES string of the molecule is CN1CCN(Cc2ccc3c(c2)CN(C(=O)O)C3)CC1. The van der Waals surface area contributed by atoms with Crippen molar-refractivity contribution in [3.8, 4) is 0 Å². The van der Waals surface area contributed by atoms with Crippen LogP contribution in [0.4, 0.5) is 4.79 Å². The van der Waals surface area contributed by atoms with Crippen LogP contribution in [-0.2, 0) is 19.6 Å². The van der Waals surface area contributed by atoms with Crippen molar-refractivity contribution in [2.45, 2.75) is 19.6 Å². The third kappa shape index (κ3) is 2.78. The number of rotatable bonds is 2. The summed E-state index contributed by atoms with van der Waals surface area (Å²) in [6.45, 7) is 6.48. The molecule has 3 rings (SSSR count). The number of fused-ring (bicyclic) bond motifs is 1. The van der Waals surface area contributed by atoms with Crippen LogP contribution in [0.25, 0.3) is 0 Å². The van der Waals surface area contributed by atoms with Crippen LogP contribution in [-0.4, -0.2) is 59.1 Å². The summed E-state index contributed by atoms with van der Waals surface area (Å²) in [7, 11) is 2.16. The lowest BCUT2D eigenvalue weighted by atomic mass is 10.1. The van der Waals surface area contributed by atoms with E-state index < -0.39 is 6.09 Å². The van der Waals surface area contributed by atoms with E-state index in [0.717, 1.165) is 38.3 Å². The van der Waals surface area contributed by atoms with Crippen LogP contribution >= 0.6 is 0 Å². The van der Waals surface area contributed by atoms with E-state index in [9.17, 15) is 4.79 Å². The van der Waals surface area contributed by atoms with Gasteiger partial charge in [-0.1, -0.05) is 18.2 Å². The highest BCUT2D eigenvalue weighted by atomic mass is 16.4. The number of carboxylic acid groups (broad SMARTS) is 1. The van der Waals surface area contributed by atoms with Gasteiger partial charge in [-0.05, 0) is 23.7 Å². The van der Waals surface area contributed by atoms with Crippen LogP contribution in [0.3, 0.4) is 0 Å². The maximum Gasteiger partial charge on any atom is 0.407 e. The summed E-state index contributed by atoms with van der Waals surface area (Å²) in [6.07, 6.45) is -0.832. The molecule has 0 saturated carbocycles. The van der Waals surface area contributed by atoms with Crippen molar-refractivity contribution < 1.29 is 9.90 Å². The second-order valence-corrected chi connectivity index (χ2v) is 5.82. The average Bonchev–Trinajstić information content (AvgIpc) is 2.85. The van der Waals surface area contributed by atoms with Gasteiger partial charge in [0.15, 0.2) is 0 Å². The molecule has 0 radical (unpaired) electrons. The molecule has 2 aliphatic rings. The Morgan fingerprint density at radius 1 is 1.15 bits per heavy atom. The minimum atomic E-state index is -0.832. The highest BCUT2D eigenvalue weighted by Crippen LogP contribution is 2.24. The van der Waals surface area contributed by atoms with Crippen molar-refractivity contribution in [1.29, 1.82) is 0 Å². The summed E-state index contributed by atoms with van der Waals surface area (Å²) in [6, 6.07) is 6.41. The summed E-state index contributed by atoms with van der Waals surface area (Å²) in [4.78, 5) is 17.3. The fraction of sp³-hybridized carbons (Fsp3) is 0.533. The summed E-state index contributed by atoms with van der Waals surface area (Å²) in [5.74, 6) is 0. The quantitative estimate of drug-likeness (QED) is 0.887. The molecule has 2 aliphatic heterocycles. The zero-order valence-corrected chi connectivity index (χ0v) is 11.9. The maximum atomic E-state index is 11.0. The topological polar surface area (TPSA) is 47.0 Å². The van der Waals surface area contributed by atoms with Crippen LogP contribution in [0, 0.1) is 0 Å². The molecule has 0 bridgehead atoms. The molecule has 2 heterocycles. The lowest BCUT2D eigenvalue weighted by molar-refractivity contribution is 0.145. The zero-order chi connectivity index (χ0) is 14.1. The Balaban J connectivity index is 1.65. The largest absolute Gasteiger partial charge is 0.465 e. The first kappa shape index (κ1) is 13.4. The number of likely N-dealkylation sites (N-methyl/N-ethyl adjacent to an activating group) is 1. The van der Waals surface area contributed by atoms with Gasteiger partial charge in [-0.15, -0.1) is 0 Å². The smallest absolute Gasteiger partial charge is 0.407 e. The predicted molar refractivity (Wildman–Crippen MR) is 76.5 cm³/mol. The molecule has 20 heavy (non-hydrogen) atoms. The van der Waals surface area contributed by atoms with Crippen molar-refractivity contribution in [3.05, 3.63) is 34.9 Å². The van der Waals surface area contributed by atoms with Crippen LogP contribution < -0.4 is 0 Å². The number of amides is 1. The fourth-order valence-electron chi connectivity index (χ4n) is 2.95. The Morgan fingerprint density at radius 2 is 1.85 bits per heavy atom. The van der Waals surface area contributed by atoms with Crippen LogP contribution in [0.1, 0.15) is 16.7 Å². The van der Waals surface area contributed by atoms with Gasteiger partial charge in [-0.2, -0.15) is 0 Å². The van der Waals surface area contributed by atoms with E-state index in [1.165, 1.54) is 16.0 Å². The monoisotopic (exact) mass is 275 g/mol. The molecule has 0 aromatic heterocycles. The average molecular weight is 275 g/mol. The molecule has 0 spiro atoms. The molecule has 1 saturated heterocycles. The first-order valence-electron chi connectivity index (χ1n) is 7.11. The maximum absolute atomic E-state index is 11.0. The van der Waals surface area contributed by atoms with Crippen molar-refractivity contribution in [3.63, 3.8) is 0 Å². The molecule has 5 heteroatoms. The van der Waals surface area contributed by atoms with E-state index in [1.54, 1.807) is 0 Å².